The van der Waals surface area contributed by atoms with Gasteiger partial charge in [-0.2, -0.15) is 0 Å². The van der Waals surface area contributed by atoms with Crippen LogP contribution in [0.1, 0.15) is 29.3 Å². The Labute approximate surface area is 154 Å². The fourth-order valence-electron chi connectivity index (χ4n) is 3.50. The Morgan fingerprint density at radius 1 is 1.04 bits per heavy atom. The number of nitrogens with zero attached hydrogens (tertiary/aromatic N) is 1. The van der Waals surface area contributed by atoms with E-state index >= 15 is 0 Å². The minimum absolute atomic E-state index is 0.171. The number of hydrogen-bond acceptors (Lipinski definition) is 3. The van der Waals surface area contributed by atoms with E-state index in [0.29, 0.717) is 6.61 Å². The first-order valence-electron chi connectivity index (χ1n) is 9.08. The average molecular weight is 348 g/mol. The molecule has 0 spiro atoms. The monoisotopic (exact) mass is 348 g/mol. The molecule has 26 heavy (non-hydrogen) atoms. The predicted molar refractivity (Wildman–Crippen MR) is 103 cm³/mol. The highest BCUT2D eigenvalue weighted by Crippen LogP contribution is 2.33. The quantitative estimate of drug-likeness (QED) is 0.752. The molecular weight excluding hydrogens is 324 g/mol. The molecule has 4 heteroatoms. The number of rotatable bonds is 5. The van der Waals surface area contributed by atoms with Gasteiger partial charge in [0.25, 0.3) is 0 Å². The Balaban J connectivity index is 1.57. The van der Waals surface area contributed by atoms with Gasteiger partial charge in [-0.15, -0.1) is 0 Å². The maximum absolute atomic E-state index is 5.98. The molecule has 1 aliphatic rings. The lowest BCUT2D eigenvalue weighted by molar-refractivity contribution is 0.284. The van der Waals surface area contributed by atoms with Crippen LogP contribution in [0.3, 0.4) is 0 Å². The highest BCUT2D eigenvalue weighted by atomic mass is 16.5. The molecule has 0 aliphatic carbocycles. The van der Waals surface area contributed by atoms with Crippen molar-refractivity contribution >= 4 is 0 Å². The number of hydrogen-bond donors (Lipinski definition) is 1. The third-order valence-electron chi connectivity index (χ3n) is 4.84. The van der Waals surface area contributed by atoms with E-state index in [0.717, 1.165) is 36.6 Å². The second kappa shape index (κ2) is 7.67. The zero-order valence-corrected chi connectivity index (χ0v) is 15.0. The summed E-state index contributed by atoms with van der Waals surface area (Å²) < 4.78 is 13.9. The molecule has 1 N–H and O–H groups in total. The van der Waals surface area contributed by atoms with Crippen LogP contribution in [-0.2, 0) is 13.2 Å². The van der Waals surface area contributed by atoms with Gasteiger partial charge in [0.2, 0.25) is 0 Å². The van der Waals surface area contributed by atoms with Crippen molar-refractivity contribution in [3.63, 3.8) is 0 Å². The molecule has 134 valence electrons. The Morgan fingerprint density at radius 3 is 2.77 bits per heavy atom. The SMILES string of the molecule is COc1cc(C2NCCCn3cccc32)ccc1OCc1ccccc1. The molecule has 2 aromatic carbocycles. The van der Waals surface area contributed by atoms with E-state index in [1.807, 2.05) is 24.3 Å². The lowest BCUT2D eigenvalue weighted by Gasteiger charge is -2.20. The van der Waals surface area contributed by atoms with Gasteiger partial charge in [-0.05, 0) is 48.4 Å². The molecule has 0 saturated carbocycles. The fraction of sp³-hybridized carbons (Fsp3) is 0.273. The minimum atomic E-state index is 0.171. The van der Waals surface area contributed by atoms with E-state index in [2.05, 4.69) is 52.5 Å². The summed E-state index contributed by atoms with van der Waals surface area (Å²) in [5.74, 6) is 1.53. The molecule has 4 nitrogen and oxygen atoms in total. The van der Waals surface area contributed by atoms with Crippen LogP contribution in [0.15, 0.2) is 66.9 Å². The third-order valence-corrected chi connectivity index (χ3v) is 4.84. The molecule has 4 rings (SSSR count). The van der Waals surface area contributed by atoms with Crippen molar-refractivity contribution in [3.05, 3.63) is 83.7 Å². The lowest BCUT2D eigenvalue weighted by Crippen LogP contribution is -2.22. The molecule has 0 amide bonds. The molecular formula is C22H24N2O2. The highest BCUT2D eigenvalue weighted by molar-refractivity contribution is 5.45. The molecule has 0 bridgehead atoms. The van der Waals surface area contributed by atoms with Gasteiger partial charge < -0.3 is 19.4 Å². The molecule has 1 aromatic heterocycles. The number of aromatic nitrogens is 1. The van der Waals surface area contributed by atoms with Gasteiger partial charge in [-0.25, -0.2) is 0 Å². The fourth-order valence-corrected chi connectivity index (χ4v) is 3.50. The Hall–Kier alpha value is -2.72. The molecule has 1 aliphatic heterocycles. The smallest absolute Gasteiger partial charge is 0.161 e. The number of nitrogens with one attached hydrogen (secondary N) is 1. The Kier molecular flexibility index (Phi) is 4.93. The van der Waals surface area contributed by atoms with Crippen molar-refractivity contribution in [2.75, 3.05) is 13.7 Å². The Morgan fingerprint density at radius 2 is 1.92 bits per heavy atom. The molecule has 2 heterocycles. The maximum Gasteiger partial charge on any atom is 0.161 e. The summed E-state index contributed by atoms with van der Waals surface area (Å²) in [5, 5.41) is 3.65. The number of ether oxygens (including phenoxy) is 2. The van der Waals surface area contributed by atoms with Crippen LogP contribution >= 0.6 is 0 Å². The minimum Gasteiger partial charge on any atom is -0.493 e. The largest absolute Gasteiger partial charge is 0.493 e. The van der Waals surface area contributed by atoms with Crippen molar-refractivity contribution < 1.29 is 9.47 Å². The van der Waals surface area contributed by atoms with Crippen LogP contribution in [0.25, 0.3) is 0 Å². The molecule has 0 fully saturated rings. The summed E-state index contributed by atoms with van der Waals surface area (Å²) in [6.07, 6.45) is 3.29. The van der Waals surface area contributed by atoms with E-state index in [1.165, 1.54) is 11.3 Å². The molecule has 0 radical (unpaired) electrons. The van der Waals surface area contributed by atoms with Crippen LogP contribution in [0.5, 0.6) is 11.5 Å². The first-order chi connectivity index (χ1) is 12.8. The van der Waals surface area contributed by atoms with Crippen molar-refractivity contribution in [1.82, 2.24) is 9.88 Å². The standard InChI is InChI=1S/C22H24N2O2/c1-25-21-15-18(22-19-9-5-13-24(19)14-6-12-23-22)10-11-20(21)26-16-17-7-3-2-4-8-17/h2-5,7-11,13,15,22-23H,6,12,14,16H2,1H3. The summed E-state index contributed by atoms with van der Waals surface area (Å²) in [6.45, 7) is 2.59. The van der Waals surface area contributed by atoms with Gasteiger partial charge in [-0.3, -0.25) is 0 Å². The highest BCUT2D eigenvalue weighted by Gasteiger charge is 2.21. The van der Waals surface area contributed by atoms with Crippen molar-refractivity contribution in [2.24, 2.45) is 0 Å². The van der Waals surface area contributed by atoms with Gasteiger partial charge in [0, 0.05) is 18.4 Å². The summed E-state index contributed by atoms with van der Waals surface area (Å²) in [4.78, 5) is 0. The zero-order valence-electron chi connectivity index (χ0n) is 15.0. The number of benzene rings is 2. The molecule has 1 atom stereocenters. The lowest BCUT2D eigenvalue weighted by atomic mass is 10.0. The first kappa shape index (κ1) is 16.7. The second-order valence-electron chi connectivity index (χ2n) is 6.55. The summed E-state index contributed by atoms with van der Waals surface area (Å²) >= 11 is 0. The average Bonchev–Trinajstić information content (AvgIpc) is 3.06. The first-order valence-corrected chi connectivity index (χ1v) is 9.08. The van der Waals surface area contributed by atoms with Crippen molar-refractivity contribution in [1.29, 1.82) is 0 Å². The zero-order chi connectivity index (χ0) is 17.8. The number of methoxy groups -OCH3 is 1. The van der Waals surface area contributed by atoms with Crippen LogP contribution < -0.4 is 14.8 Å². The normalized spacial score (nSPS) is 16.6. The van der Waals surface area contributed by atoms with Crippen LogP contribution in [-0.4, -0.2) is 18.2 Å². The molecule has 3 aromatic rings. The van der Waals surface area contributed by atoms with Gasteiger partial charge in [0.15, 0.2) is 11.5 Å². The maximum atomic E-state index is 5.98. The van der Waals surface area contributed by atoms with Gasteiger partial charge in [0.05, 0.1) is 13.2 Å². The third kappa shape index (κ3) is 3.46. The van der Waals surface area contributed by atoms with Gasteiger partial charge in [0.1, 0.15) is 6.61 Å². The topological polar surface area (TPSA) is 35.4 Å². The molecule has 1 unspecified atom stereocenters. The van der Waals surface area contributed by atoms with E-state index < -0.39 is 0 Å². The van der Waals surface area contributed by atoms with Crippen LogP contribution in [0.4, 0.5) is 0 Å². The van der Waals surface area contributed by atoms with Crippen LogP contribution in [0, 0.1) is 0 Å². The second-order valence-corrected chi connectivity index (χ2v) is 6.55. The van der Waals surface area contributed by atoms with Crippen LogP contribution in [0.2, 0.25) is 0 Å². The predicted octanol–water partition coefficient (Wildman–Crippen LogP) is 4.16. The van der Waals surface area contributed by atoms with Gasteiger partial charge in [-0.1, -0.05) is 36.4 Å². The van der Waals surface area contributed by atoms with E-state index in [4.69, 9.17) is 9.47 Å². The van der Waals surface area contributed by atoms with Gasteiger partial charge >= 0.3 is 0 Å². The van der Waals surface area contributed by atoms with E-state index in [9.17, 15) is 0 Å². The van der Waals surface area contributed by atoms with E-state index in [-0.39, 0.29) is 6.04 Å². The number of aryl methyl sites for hydroxylation is 1. The Bertz CT molecular complexity index is 858. The summed E-state index contributed by atoms with van der Waals surface area (Å²) in [7, 11) is 1.69. The van der Waals surface area contributed by atoms with E-state index in [1.54, 1.807) is 7.11 Å². The number of fused-ring (bicyclic) bond motifs is 1. The summed E-state index contributed by atoms with van der Waals surface area (Å²) in [5.41, 5.74) is 3.63. The summed E-state index contributed by atoms with van der Waals surface area (Å²) in [6, 6.07) is 20.9. The van der Waals surface area contributed by atoms with Crippen molar-refractivity contribution in [2.45, 2.75) is 25.6 Å². The molecule has 0 saturated heterocycles. The van der Waals surface area contributed by atoms with Crippen molar-refractivity contribution in [3.8, 4) is 11.5 Å².